The molecule has 0 radical (unpaired) electrons. The predicted molar refractivity (Wildman–Crippen MR) is 142 cm³/mol. The highest BCUT2D eigenvalue weighted by Gasteiger charge is 2.41. The van der Waals surface area contributed by atoms with E-state index in [4.69, 9.17) is 12.2 Å². The van der Waals surface area contributed by atoms with Crippen molar-refractivity contribution in [3.63, 3.8) is 0 Å². The van der Waals surface area contributed by atoms with Crippen LogP contribution in [0.4, 0.5) is 10.1 Å². The molecule has 2 aromatic carbocycles. The first kappa shape index (κ1) is 23.7. The van der Waals surface area contributed by atoms with Crippen LogP contribution in [0.2, 0.25) is 0 Å². The molecule has 1 aliphatic heterocycles. The maximum absolute atomic E-state index is 14.1. The lowest BCUT2D eigenvalue weighted by Gasteiger charge is -2.28. The molecule has 0 saturated carbocycles. The predicted octanol–water partition coefficient (Wildman–Crippen LogP) is 5.32. The van der Waals surface area contributed by atoms with E-state index in [2.05, 4.69) is 15.6 Å². The van der Waals surface area contributed by atoms with Crippen LogP contribution in [-0.4, -0.2) is 32.0 Å². The smallest absolute Gasteiger partial charge is 0.226 e. The maximum Gasteiger partial charge on any atom is 0.226 e. The Kier molecular flexibility index (Phi) is 6.77. The molecule has 4 aromatic rings. The minimum absolute atomic E-state index is 0.0936. The molecule has 2 aromatic heterocycles. The number of hydrogen-bond acceptors (Lipinski definition) is 3. The molecule has 1 fully saturated rings. The Hall–Kier alpha value is -4.04. The lowest BCUT2D eigenvalue weighted by Crippen LogP contribution is -2.33. The van der Waals surface area contributed by atoms with Crippen molar-refractivity contribution < 1.29 is 9.18 Å². The zero-order valence-corrected chi connectivity index (χ0v) is 20.6. The van der Waals surface area contributed by atoms with Gasteiger partial charge in [0.1, 0.15) is 5.82 Å². The summed E-state index contributed by atoms with van der Waals surface area (Å²) in [5, 5.41) is 6.92. The molecule has 36 heavy (non-hydrogen) atoms. The molecule has 1 amide bonds. The number of carbonyl (C=O) groups is 1. The lowest BCUT2D eigenvalue weighted by molar-refractivity contribution is -0.116. The number of thiocarbonyl (C=S) groups is 1. The minimum Gasteiger partial charge on any atom is -0.352 e. The largest absolute Gasteiger partial charge is 0.352 e. The molecule has 0 spiro atoms. The molecule has 3 heterocycles. The molecule has 2 N–H and O–H groups in total. The van der Waals surface area contributed by atoms with Gasteiger partial charge < -0.3 is 20.1 Å². The summed E-state index contributed by atoms with van der Waals surface area (Å²) in [6.07, 6.45) is 3.91. The number of rotatable bonds is 7. The third-order valence-electron chi connectivity index (χ3n) is 6.25. The lowest BCUT2D eigenvalue weighted by atomic mass is 10.0. The summed E-state index contributed by atoms with van der Waals surface area (Å²) in [7, 11) is 0. The van der Waals surface area contributed by atoms with E-state index in [1.807, 2.05) is 83.3 Å². The number of aromatic nitrogens is 2. The van der Waals surface area contributed by atoms with E-state index in [0.717, 1.165) is 22.6 Å². The average molecular weight is 500 g/mol. The van der Waals surface area contributed by atoms with Crippen LogP contribution >= 0.6 is 12.2 Å². The normalized spacial score (nSPS) is 17.2. The van der Waals surface area contributed by atoms with Crippen molar-refractivity contribution in [1.29, 1.82) is 0 Å². The van der Waals surface area contributed by atoms with Gasteiger partial charge in [-0.2, -0.15) is 0 Å². The van der Waals surface area contributed by atoms with Crippen molar-refractivity contribution in [3.05, 3.63) is 114 Å². The minimum atomic E-state index is -0.307. The van der Waals surface area contributed by atoms with Gasteiger partial charge in [-0.25, -0.2) is 4.39 Å². The number of amides is 1. The molecule has 0 unspecified atom stereocenters. The number of pyridine rings is 1. The van der Waals surface area contributed by atoms with Crippen LogP contribution in [0.25, 0.3) is 5.69 Å². The molecule has 5 rings (SSSR count). The molecule has 6 nitrogen and oxygen atoms in total. The first-order valence-corrected chi connectivity index (χ1v) is 12.2. The Morgan fingerprint density at radius 1 is 1.08 bits per heavy atom. The van der Waals surface area contributed by atoms with E-state index in [9.17, 15) is 9.18 Å². The monoisotopic (exact) mass is 499 g/mol. The second-order valence-electron chi connectivity index (χ2n) is 8.77. The van der Waals surface area contributed by atoms with E-state index in [1.54, 1.807) is 12.3 Å². The summed E-state index contributed by atoms with van der Waals surface area (Å²) in [4.78, 5) is 19.4. The van der Waals surface area contributed by atoms with Crippen LogP contribution in [0, 0.1) is 12.7 Å². The number of hydrogen-bond donors (Lipinski definition) is 2. The van der Waals surface area contributed by atoms with Gasteiger partial charge in [0.2, 0.25) is 5.91 Å². The summed E-state index contributed by atoms with van der Waals surface area (Å²) in [5.74, 6) is -0.401. The fraction of sp³-hybridized carbons (Fsp3) is 0.179. The van der Waals surface area contributed by atoms with E-state index < -0.39 is 0 Å². The number of aryl methyl sites for hydroxylation is 1. The second kappa shape index (κ2) is 10.3. The van der Waals surface area contributed by atoms with Crippen molar-refractivity contribution >= 4 is 28.9 Å². The van der Waals surface area contributed by atoms with Gasteiger partial charge in [-0.05, 0) is 79.3 Å². The first-order chi connectivity index (χ1) is 17.5. The van der Waals surface area contributed by atoms with Gasteiger partial charge in [0.25, 0.3) is 0 Å². The number of nitrogens with zero attached hydrogens (tertiary/aromatic N) is 3. The summed E-state index contributed by atoms with van der Waals surface area (Å²) in [6.45, 7) is 2.39. The molecular weight excluding hydrogens is 473 g/mol. The van der Waals surface area contributed by atoms with Crippen molar-refractivity contribution in [2.75, 3.05) is 11.9 Å². The van der Waals surface area contributed by atoms with E-state index in [1.165, 1.54) is 12.1 Å². The van der Waals surface area contributed by atoms with Gasteiger partial charge in [0.15, 0.2) is 5.11 Å². The molecule has 8 heteroatoms. The zero-order valence-electron chi connectivity index (χ0n) is 19.8. The van der Waals surface area contributed by atoms with E-state index >= 15 is 0 Å². The van der Waals surface area contributed by atoms with Crippen LogP contribution in [0.5, 0.6) is 0 Å². The van der Waals surface area contributed by atoms with Crippen molar-refractivity contribution in [3.8, 4) is 5.69 Å². The number of benzene rings is 2. The zero-order chi connectivity index (χ0) is 25.1. The fourth-order valence-corrected chi connectivity index (χ4v) is 4.96. The molecule has 2 atom stereocenters. The number of nitrogens with one attached hydrogen (secondary N) is 2. The van der Waals surface area contributed by atoms with E-state index in [-0.39, 0.29) is 30.2 Å². The Bertz CT molecular complexity index is 1390. The van der Waals surface area contributed by atoms with Crippen LogP contribution in [0.3, 0.4) is 0 Å². The molecule has 182 valence electrons. The molecule has 0 aliphatic carbocycles. The highest BCUT2D eigenvalue weighted by Crippen LogP contribution is 2.39. The number of carbonyl (C=O) groups excluding carboxylic acids is 1. The fourth-order valence-electron chi connectivity index (χ4n) is 4.63. The van der Waals surface area contributed by atoms with Gasteiger partial charge in [-0.15, -0.1) is 0 Å². The Morgan fingerprint density at radius 2 is 1.94 bits per heavy atom. The quantitative estimate of drug-likeness (QED) is 0.337. The highest BCUT2D eigenvalue weighted by atomic mass is 32.1. The van der Waals surface area contributed by atoms with Crippen LogP contribution in [-0.2, 0) is 4.79 Å². The number of halogens is 1. The van der Waals surface area contributed by atoms with Gasteiger partial charge in [-0.1, -0.05) is 24.3 Å². The molecule has 1 aliphatic rings. The average Bonchev–Trinajstić information content (AvgIpc) is 3.47. The van der Waals surface area contributed by atoms with Gasteiger partial charge in [-0.3, -0.25) is 9.78 Å². The molecule has 1 saturated heterocycles. The topological polar surface area (TPSA) is 62.2 Å². The first-order valence-electron chi connectivity index (χ1n) is 11.8. The Labute approximate surface area is 214 Å². The highest BCUT2D eigenvalue weighted by molar-refractivity contribution is 7.80. The molecule has 0 bridgehead atoms. The van der Waals surface area contributed by atoms with Gasteiger partial charge in [0.05, 0.1) is 17.8 Å². The Balaban J connectivity index is 1.44. The van der Waals surface area contributed by atoms with Crippen LogP contribution in [0.15, 0.2) is 91.3 Å². The van der Waals surface area contributed by atoms with Crippen LogP contribution < -0.4 is 10.6 Å². The van der Waals surface area contributed by atoms with Crippen molar-refractivity contribution in [2.45, 2.75) is 25.4 Å². The van der Waals surface area contributed by atoms with Gasteiger partial charge in [0, 0.05) is 42.4 Å². The Morgan fingerprint density at radius 3 is 2.72 bits per heavy atom. The summed E-state index contributed by atoms with van der Waals surface area (Å²) < 4.78 is 16.0. The third kappa shape index (κ3) is 4.99. The summed E-state index contributed by atoms with van der Waals surface area (Å²) in [5.41, 5.74) is 4.31. The van der Waals surface area contributed by atoms with Crippen molar-refractivity contribution in [2.24, 2.45) is 0 Å². The molecular formula is C28H26FN5OS. The second-order valence-corrected chi connectivity index (χ2v) is 9.16. The maximum atomic E-state index is 14.1. The van der Waals surface area contributed by atoms with Gasteiger partial charge >= 0.3 is 0 Å². The third-order valence-corrected chi connectivity index (χ3v) is 6.60. The standard InChI is InChI=1S/C28H26FN5OS/c1-19-7-4-9-21(17-19)31-25(35)13-16-34-27(26(32-28(34)36)23-11-2-3-14-30-23)24-12-6-15-33(24)22-10-5-8-20(29)18-22/h2-12,14-15,17-18,26-27H,13,16H2,1H3,(H,31,35)(H,32,36)/t26-,27+/m0/s1. The van der Waals surface area contributed by atoms with E-state index in [0.29, 0.717) is 17.3 Å². The van der Waals surface area contributed by atoms with Crippen LogP contribution in [0.1, 0.15) is 35.5 Å². The summed E-state index contributed by atoms with van der Waals surface area (Å²) in [6, 6.07) is 23.4. The SMILES string of the molecule is Cc1cccc(NC(=O)CCN2C(=S)N[C@@H](c3ccccn3)[C@H]2c2cccn2-c2cccc(F)c2)c1. The van der Waals surface area contributed by atoms with Crippen molar-refractivity contribution in [1.82, 2.24) is 19.8 Å². The summed E-state index contributed by atoms with van der Waals surface area (Å²) >= 11 is 5.73. The number of anilines is 1.